The molecule has 9 heteroatoms. The number of halogens is 1. The molecule has 0 spiro atoms. The van der Waals surface area contributed by atoms with Gasteiger partial charge in [-0.15, -0.1) is 0 Å². The molecule has 0 aliphatic rings. The number of carbonyl (C=O) groups excluding carboxylic acids is 2. The third-order valence-corrected chi connectivity index (χ3v) is 8.48. The Hall–Kier alpha value is -3.36. The predicted octanol–water partition coefficient (Wildman–Crippen LogP) is 4.36. The first kappa shape index (κ1) is 28.2. The van der Waals surface area contributed by atoms with Crippen molar-refractivity contribution < 1.29 is 18.0 Å². The molecule has 0 radical (unpaired) electrons. The van der Waals surface area contributed by atoms with E-state index in [9.17, 15) is 18.0 Å². The summed E-state index contributed by atoms with van der Waals surface area (Å²) in [5, 5.41) is 2.96. The molecule has 0 saturated heterocycles. The lowest BCUT2D eigenvalue weighted by molar-refractivity contribution is -0.138. The summed E-state index contributed by atoms with van der Waals surface area (Å²) in [6.45, 7) is 4.95. The fraction of sp³-hybridized carbons (Fsp3) is 0.286. The molecule has 0 fully saturated rings. The summed E-state index contributed by atoms with van der Waals surface area (Å²) in [5.74, 6) is -0.838. The Morgan fingerprint density at radius 1 is 0.946 bits per heavy atom. The van der Waals surface area contributed by atoms with Gasteiger partial charge < -0.3 is 10.2 Å². The van der Waals surface area contributed by atoms with Crippen molar-refractivity contribution >= 4 is 39.1 Å². The van der Waals surface area contributed by atoms with Crippen molar-refractivity contribution in [3.05, 3.63) is 94.5 Å². The molecule has 37 heavy (non-hydrogen) atoms. The van der Waals surface area contributed by atoms with Gasteiger partial charge in [0.1, 0.15) is 12.6 Å². The van der Waals surface area contributed by atoms with Crippen LogP contribution in [0.3, 0.4) is 0 Å². The second kappa shape index (κ2) is 12.3. The Bertz CT molecular complexity index is 1350. The summed E-state index contributed by atoms with van der Waals surface area (Å²) in [6.07, 6.45) is 0.509. The van der Waals surface area contributed by atoms with Crippen molar-refractivity contribution in [2.75, 3.05) is 24.4 Å². The number of rotatable bonds is 10. The molecule has 3 aromatic rings. The van der Waals surface area contributed by atoms with Crippen LogP contribution in [0.5, 0.6) is 0 Å². The van der Waals surface area contributed by atoms with Gasteiger partial charge in [0.05, 0.1) is 10.6 Å². The van der Waals surface area contributed by atoms with Crippen molar-refractivity contribution in [1.82, 2.24) is 10.2 Å². The maximum Gasteiger partial charge on any atom is 0.264 e. The van der Waals surface area contributed by atoms with E-state index in [0.717, 1.165) is 15.4 Å². The maximum absolute atomic E-state index is 13.8. The summed E-state index contributed by atoms with van der Waals surface area (Å²) in [5.41, 5.74) is 2.74. The van der Waals surface area contributed by atoms with Gasteiger partial charge in [-0.25, -0.2) is 8.42 Å². The number of benzene rings is 3. The van der Waals surface area contributed by atoms with E-state index in [4.69, 9.17) is 11.6 Å². The third kappa shape index (κ3) is 6.70. The van der Waals surface area contributed by atoms with Crippen molar-refractivity contribution in [3.8, 4) is 0 Å². The minimum absolute atomic E-state index is 0.0560. The topological polar surface area (TPSA) is 86.8 Å². The molecular weight excluding hydrogens is 510 g/mol. The molecule has 1 N–H and O–H groups in total. The molecule has 0 aromatic heterocycles. The minimum Gasteiger partial charge on any atom is -0.357 e. The van der Waals surface area contributed by atoms with Crippen LogP contribution in [0.4, 0.5) is 5.69 Å². The zero-order valence-corrected chi connectivity index (χ0v) is 23.0. The first-order valence-corrected chi connectivity index (χ1v) is 13.8. The van der Waals surface area contributed by atoms with Crippen LogP contribution in [0, 0.1) is 13.8 Å². The zero-order valence-electron chi connectivity index (χ0n) is 21.4. The van der Waals surface area contributed by atoms with Crippen LogP contribution in [-0.4, -0.2) is 51.3 Å². The van der Waals surface area contributed by atoms with Crippen molar-refractivity contribution in [2.45, 2.75) is 38.1 Å². The number of hydrogen-bond donors (Lipinski definition) is 1. The highest BCUT2D eigenvalue weighted by Gasteiger charge is 2.33. The minimum atomic E-state index is -4.13. The standard InChI is InChI=1S/C28H32ClN3O4S/c1-20-13-15-24(16-14-20)37(35,36)32(26-12-8-11-25(29)21(26)2)19-27(33)31(22(3)28(34)30-4)18-17-23-9-6-5-7-10-23/h5-16,22H,17-19H2,1-4H3,(H,30,34)/t22-/m1/s1. The quantitative estimate of drug-likeness (QED) is 0.413. The number of aryl methyl sites for hydroxylation is 1. The van der Waals surface area contributed by atoms with Crippen LogP contribution in [0.1, 0.15) is 23.6 Å². The predicted molar refractivity (Wildman–Crippen MR) is 147 cm³/mol. The monoisotopic (exact) mass is 541 g/mol. The van der Waals surface area contributed by atoms with Crippen LogP contribution < -0.4 is 9.62 Å². The lowest BCUT2D eigenvalue weighted by atomic mass is 10.1. The van der Waals surface area contributed by atoms with Crippen LogP contribution in [-0.2, 0) is 26.0 Å². The first-order chi connectivity index (χ1) is 17.6. The highest BCUT2D eigenvalue weighted by Crippen LogP contribution is 2.31. The van der Waals surface area contributed by atoms with E-state index in [1.807, 2.05) is 37.3 Å². The maximum atomic E-state index is 13.8. The van der Waals surface area contributed by atoms with Gasteiger partial charge in [0, 0.05) is 18.6 Å². The van der Waals surface area contributed by atoms with Crippen LogP contribution in [0.15, 0.2) is 77.7 Å². The Morgan fingerprint density at radius 3 is 2.22 bits per heavy atom. The van der Waals surface area contributed by atoms with E-state index in [2.05, 4.69) is 5.32 Å². The van der Waals surface area contributed by atoms with Crippen LogP contribution in [0.25, 0.3) is 0 Å². The average Bonchev–Trinajstić information content (AvgIpc) is 2.89. The lowest BCUT2D eigenvalue weighted by Crippen LogP contribution is -2.51. The molecule has 0 saturated carbocycles. The largest absolute Gasteiger partial charge is 0.357 e. The van der Waals surface area contributed by atoms with Gasteiger partial charge in [-0.05, 0) is 62.6 Å². The number of nitrogens with one attached hydrogen (secondary N) is 1. The molecule has 2 amide bonds. The van der Waals surface area contributed by atoms with E-state index in [1.54, 1.807) is 44.2 Å². The fourth-order valence-electron chi connectivity index (χ4n) is 4.00. The summed E-state index contributed by atoms with van der Waals surface area (Å²) in [4.78, 5) is 27.7. The molecule has 3 rings (SSSR count). The van der Waals surface area contributed by atoms with Gasteiger partial charge in [-0.3, -0.25) is 13.9 Å². The van der Waals surface area contributed by atoms with Gasteiger partial charge in [-0.2, -0.15) is 0 Å². The smallest absolute Gasteiger partial charge is 0.264 e. The number of nitrogens with zero attached hydrogens (tertiary/aromatic N) is 2. The number of anilines is 1. The van der Waals surface area contributed by atoms with E-state index in [0.29, 0.717) is 22.7 Å². The Balaban J connectivity index is 2.02. The highest BCUT2D eigenvalue weighted by molar-refractivity contribution is 7.92. The van der Waals surface area contributed by atoms with E-state index < -0.39 is 28.5 Å². The Morgan fingerprint density at radius 2 is 1.59 bits per heavy atom. The highest BCUT2D eigenvalue weighted by atomic mass is 35.5. The van der Waals surface area contributed by atoms with E-state index in [-0.39, 0.29) is 17.3 Å². The Labute approximate surface area is 224 Å². The van der Waals surface area contributed by atoms with Crippen molar-refractivity contribution in [2.24, 2.45) is 0 Å². The first-order valence-electron chi connectivity index (χ1n) is 12.0. The second-order valence-corrected chi connectivity index (χ2v) is 11.1. The molecule has 0 heterocycles. The normalized spacial score (nSPS) is 12.0. The molecule has 7 nitrogen and oxygen atoms in total. The van der Waals surface area contributed by atoms with Gasteiger partial charge in [0.15, 0.2) is 0 Å². The van der Waals surface area contributed by atoms with Crippen molar-refractivity contribution in [1.29, 1.82) is 0 Å². The van der Waals surface area contributed by atoms with Gasteiger partial charge in [0.25, 0.3) is 10.0 Å². The molecule has 0 aliphatic heterocycles. The molecule has 196 valence electrons. The average molecular weight is 542 g/mol. The zero-order chi connectivity index (χ0) is 27.2. The van der Waals surface area contributed by atoms with Crippen LogP contribution >= 0.6 is 11.6 Å². The molecule has 1 atom stereocenters. The van der Waals surface area contributed by atoms with E-state index in [1.165, 1.54) is 24.1 Å². The summed E-state index contributed by atoms with van der Waals surface area (Å²) in [6, 6.07) is 20.2. The van der Waals surface area contributed by atoms with E-state index >= 15 is 0 Å². The third-order valence-electron chi connectivity index (χ3n) is 6.29. The number of amides is 2. The van der Waals surface area contributed by atoms with Gasteiger partial charge >= 0.3 is 0 Å². The van der Waals surface area contributed by atoms with Crippen molar-refractivity contribution in [3.63, 3.8) is 0 Å². The number of carbonyl (C=O) groups is 2. The summed E-state index contributed by atoms with van der Waals surface area (Å²) < 4.78 is 28.8. The van der Waals surface area contributed by atoms with Gasteiger partial charge in [-0.1, -0.05) is 65.7 Å². The summed E-state index contributed by atoms with van der Waals surface area (Å²) in [7, 11) is -2.63. The fourth-order valence-corrected chi connectivity index (χ4v) is 5.64. The molecular formula is C28H32ClN3O4S. The molecule has 0 aliphatic carbocycles. The van der Waals surface area contributed by atoms with Crippen LogP contribution in [0.2, 0.25) is 5.02 Å². The number of hydrogen-bond acceptors (Lipinski definition) is 4. The molecule has 3 aromatic carbocycles. The molecule has 0 bridgehead atoms. The van der Waals surface area contributed by atoms with Gasteiger partial charge in [0.2, 0.25) is 11.8 Å². The second-order valence-electron chi connectivity index (χ2n) is 8.82. The lowest BCUT2D eigenvalue weighted by Gasteiger charge is -2.32. The number of sulfonamides is 1. The Kier molecular flexibility index (Phi) is 9.34. The number of likely N-dealkylation sites (N-methyl/N-ethyl adjacent to an activating group) is 1. The summed E-state index contributed by atoms with van der Waals surface area (Å²) >= 11 is 6.33. The molecule has 0 unspecified atom stereocenters. The SMILES string of the molecule is CNC(=O)[C@@H](C)N(CCc1ccccc1)C(=O)CN(c1cccc(Cl)c1C)S(=O)(=O)c1ccc(C)cc1.